The summed E-state index contributed by atoms with van der Waals surface area (Å²) in [5.74, 6) is -2.06. The van der Waals surface area contributed by atoms with Gasteiger partial charge >= 0.3 is 11.9 Å². The number of anilines is 1. The molecule has 0 fully saturated rings. The average Bonchev–Trinajstić information content (AvgIpc) is 3.02. The number of carbonyl (C=O) groups is 4. The molecule has 0 aromatic heterocycles. The number of ether oxygens (including phenoxy) is 2. The van der Waals surface area contributed by atoms with E-state index in [1.165, 1.54) is 19.1 Å². The highest BCUT2D eigenvalue weighted by molar-refractivity contribution is 6.34. The molecule has 0 saturated carbocycles. The van der Waals surface area contributed by atoms with Gasteiger partial charge in [-0.05, 0) is 62.4 Å². The zero-order chi connectivity index (χ0) is 22.5. The number of nitrogens with zero attached hydrogens (tertiary/aromatic N) is 1. The predicted octanol–water partition coefficient (Wildman–Crippen LogP) is 3.76. The Balaban J connectivity index is 1.72. The standard InChI is InChI=1S/C23H22ClNO6/c1-3-12-30-23(29)14(2)31-20(26)11-8-15-13-16(9-10-19(15)24)25-21(27)17-6-4-5-7-18(17)22(25)28/h3,8-11,13-14H,1,4-7,12H2,2H3/b11-8+. The quantitative estimate of drug-likeness (QED) is 0.276. The number of benzene rings is 1. The Morgan fingerprint density at radius 3 is 2.45 bits per heavy atom. The summed E-state index contributed by atoms with van der Waals surface area (Å²) in [5, 5.41) is 0.322. The number of carbonyl (C=O) groups excluding carboxylic acids is 4. The van der Waals surface area contributed by atoms with Gasteiger partial charge in [-0.25, -0.2) is 14.5 Å². The molecule has 7 nitrogen and oxygen atoms in total. The predicted molar refractivity (Wildman–Crippen MR) is 115 cm³/mol. The van der Waals surface area contributed by atoms with Gasteiger partial charge in [0.2, 0.25) is 0 Å². The third kappa shape index (κ3) is 4.94. The summed E-state index contributed by atoms with van der Waals surface area (Å²) in [6.45, 7) is 4.85. The van der Waals surface area contributed by atoms with Gasteiger partial charge < -0.3 is 9.47 Å². The molecule has 0 spiro atoms. The van der Waals surface area contributed by atoms with Crippen LogP contribution in [0.5, 0.6) is 0 Å². The highest BCUT2D eigenvalue weighted by atomic mass is 35.5. The van der Waals surface area contributed by atoms with Gasteiger partial charge in [-0.15, -0.1) is 0 Å². The van der Waals surface area contributed by atoms with Crippen molar-refractivity contribution in [2.75, 3.05) is 11.5 Å². The van der Waals surface area contributed by atoms with Crippen LogP contribution in [0.25, 0.3) is 6.08 Å². The van der Waals surface area contributed by atoms with Crippen molar-refractivity contribution in [2.45, 2.75) is 38.7 Å². The second kappa shape index (κ2) is 9.75. The van der Waals surface area contributed by atoms with E-state index in [9.17, 15) is 19.2 Å². The van der Waals surface area contributed by atoms with E-state index in [-0.39, 0.29) is 18.4 Å². The van der Waals surface area contributed by atoms with E-state index in [1.807, 2.05) is 0 Å². The van der Waals surface area contributed by atoms with E-state index in [4.69, 9.17) is 21.1 Å². The summed E-state index contributed by atoms with van der Waals surface area (Å²) in [6, 6.07) is 4.70. The molecule has 1 atom stereocenters. The molecule has 3 rings (SSSR count). The maximum atomic E-state index is 12.7. The fraction of sp³-hybridized carbons (Fsp3) is 0.304. The molecule has 2 aliphatic rings. The first-order valence-corrected chi connectivity index (χ1v) is 10.3. The summed E-state index contributed by atoms with van der Waals surface area (Å²) in [6.07, 6.45) is 5.82. The van der Waals surface area contributed by atoms with Gasteiger partial charge in [-0.2, -0.15) is 0 Å². The molecule has 2 amide bonds. The van der Waals surface area contributed by atoms with Crippen molar-refractivity contribution in [3.63, 3.8) is 0 Å². The van der Waals surface area contributed by atoms with Crippen molar-refractivity contribution in [3.05, 3.63) is 58.7 Å². The van der Waals surface area contributed by atoms with Gasteiger partial charge in [0.25, 0.3) is 11.8 Å². The van der Waals surface area contributed by atoms with Gasteiger partial charge in [0.15, 0.2) is 6.10 Å². The Kier molecular flexibility index (Phi) is 7.07. The summed E-state index contributed by atoms with van der Waals surface area (Å²) in [5.41, 5.74) is 1.97. The fourth-order valence-corrected chi connectivity index (χ4v) is 3.63. The van der Waals surface area contributed by atoms with E-state index in [0.717, 1.165) is 23.8 Å². The zero-order valence-corrected chi connectivity index (χ0v) is 17.8. The first-order chi connectivity index (χ1) is 14.8. The van der Waals surface area contributed by atoms with Crippen LogP contribution in [0.4, 0.5) is 5.69 Å². The number of hydrogen-bond donors (Lipinski definition) is 0. The molecule has 1 aliphatic heterocycles. The first-order valence-electron chi connectivity index (χ1n) is 9.90. The molecular formula is C23H22ClNO6. The van der Waals surface area contributed by atoms with Crippen molar-refractivity contribution in [1.29, 1.82) is 0 Å². The van der Waals surface area contributed by atoms with Crippen LogP contribution < -0.4 is 4.90 Å². The van der Waals surface area contributed by atoms with Crippen LogP contribution in [0, 0.1) is 0 Å². The fourth-order valence-electron chi connectivity index (χ4n) is 3.45. The maximum Gasteiger partial charge on any atom is 0.347 e. The molecule has 1 aromatic rings. The van der Waals surface area contributed by atoms with Crippen LogP contribution in [-0.2, 0) is 28.7 Å². The summed E-state index contributed by atoms with van der Waals surface area (Å²) >= 11 is 6.21. The summed E-state index contributed by atoms with van der Waals surface area (Å²) in [4.78, 5) is 50.3. The lowest BCUT2D eigenvalue weighted by atomic mass is 9.93. The number of esters is 2. The molecule has 1 aliphatic carbocycles. The molecule has 0 bridgehead atoms. The smallest absolute Gasteiger partial charge is 0.347 e. The van der Waals surface area contributed by atoms with Gasteiger partial charge in [0.1, 0.15) is 6.61 Å². The molecule has 1 heterocycles. The number of amides is 2. The lowest BCUT2D eigenvalue weighted by Crippen LogP contribution is -2.31. The Bertz CT molecular complexity index is 981. The van der Waals surface area contributed by atoms with Crippen molar-refractivity contribution in [3.8, 4) is 0 Å². The Hall–Kier alpha value is -3.19. The van der Waals surface area contributed by atoms with Crippen molar-refractivity contribution < 1.29 is 28.7 Å². The molecule has 1 aromatic carbocycles. The van der Waals surface area contributed by atoms with E-state index in [2.05, 4.69) is 6.58 Å². The van der Waals surface area contributed by atoms with E-state index < -0.39 is 18.0 Å². The molecule has 0 saturated heterocycles. The van der Waals surface area contributed by atoms with Crippen LogP contribution in [-0.4, -0.2) is 36.5 Å². The van der Waals surface area contributed by atoms with Crippen molar-refractivity contribution in [1.82, 2.24) is 0 Å². The number of hydrogen-bond acceptors (Lipinski definition) is 6. The Morgan fingerprint density at radius 1 is 1.19 bits per heavy atom. The monoisotopic (exact) mass is 443 g/mol. The lowest BCUT2D eigenvalue weighted by molar-refractivity contribution is -0.162. The van der Waals surface area contributed by atoms with Gasteiger partial charge in [0, 0.05) is 22.2 Å². The van der Waals surface area contributed by atoms with Crippen molar-refractivity contribution >= 4 is 47.1 Å². The van der Waals surface area contributed by atoms with Crippen molar-refractivity contribution in [2.24, 2.45) is 0 Å². The van der Waals surface area contributed by atoms with Crippen LogP contribution in [0.3, 0.4) is 0 Å². The van der Waals surface area contributed by atoms with Gasteiger partial charge in [-0.3, -0.25) is 9.59 Å². The molecule has 0 radical (unpaired) electrons. The molecule has 0 N–H and O–H groups in total. The minimum atomic E-state index is -1.09. The molecule has 8 heteroatoms. The van der Waals surface area contributed by atoms with Crippen LogP contribution in [0.15, 0.2) is 48.1 Å². The second-order valence-corrected chi connectivity index (χ2v) is 7.55. The minimum absolute atomic E-state index is 0.0190. The minimum Gasteiger partial charge on any atom is -0.459 e. The topological polar surface area (TPSA) is 90.0 Å². The molecular weight excluding hydrogens is 422 g/mol. The third-order valence-corrected chi connectivity index (χ3v) is 5.34. The number of imide groups is 1. The van der Waals surface area contributed by atoms with Crippen LogP contribution in [0.2, 0.25) is 5.02 Å². The summed E-state index contributed by atoms with van der Waals surface area (Å²) in [7, 11) is 0. The lowest BCUT2D eigenvalue weighted by Gasteiger charge is -2.16. The zero-order valence-electron chi connectivity index (χ0n) is 17.1. The normalized spacial score (nSPS) is 17.0. The van der Waals surface area contributed by atoms with Crippen LogP contribution >= 0.6 is 11.6 Å². The Morgan fingerprint density at radius 2 is 1.84 bits per heavy atom. The highest BCUT2D eigenvalue weighted by Crippen LogP contribution is 2.36. The van der Waals surface area contributed by atoms with E-state index in [0.29, 0.717) is 40.3 Å². The molecule has 31 heavy (non-hydrogen) atoms. The van der Waals surface area contributed by atoms with Gasteiger partial charge in [0.05, 0.1) is 5.69 Å². The highest BCUT2D eigenvalue weighted by Gasteiger charge is 2.39. The maximum absolute atomic E-state index is 12.7. The average molecular weight is 444 g/mol. The SMILES string of the molecule is C=CCOC(=O)C(C)OC(=O)/C=C/c1cc(N2C(=O)C3=C(CCCC3)C2=O)ccc1Cl. The first kappa shape index (κ1) is 22.5. The number of rotatable bonds is 7. The van der Waals surface area contributed by atoms with E-state index >= 15 is 0 Å². The number of halogens is 1. The molecule has 1 unspecified atom stereocenters. The molecule has 162 valence electrons. The van der Waals surface area contributed by atoms with Gasteiger partial charge in [-0.1, -0.05) is 24.3 Å². The Labute approximate surface area is 184 Å². The summed E-state index contributed by atoms with van der Waals surface area (Å²) < 4.78 is 9.81. The van der Waals surface area contributed by atoms with Crippen LogP contribution in [0.1, 0.15) is 38.2 Å². The van der Waals surface area contributed by atoms with E-state index in [1.54, 1.807) is 18.2 Å². The largest absolute Gasteiger partial charge is 0.459 e. The third-order valence-electron chi connectivity index (χ3n) is 5.00. The second-order valence-electron chi connectivity index (χ2n) is 7.15.